The molecule has 0 aliphatic rings. The van der Waals surface area contributed by atoms with Crippen LogP contribution in [0.2, 0.25) is 0 Å². The van der Waals surface area contributed by atoms with Crippen LogP contribution in [0.4, 0.5) is 0 Å². The van der Waals surface area contributed by atoms with Crippen LogP contribution >= 0.6 is 0 Å². The molecule has 98 valence electrons. The highest BCUT2D eigenvalue weighted by molar-refractivity contribution is 6.02. The predicted molar refractivity (Wildman–Crippen MR) is 84.6 cm³/mol. The van der Waals surface area contributed by atoms with Crippen LogP contribution in [0.15, 0.2) is 54.6 Å². The third-order valence-corrected chi connectivity index (χ3v) is 3.68. The first-order valence-corrected chi connectivity index (χ1v) is 6.80. The topological polar surface area (TPSA) is 20.2 Å². The molecule has 1 unspecified atom stereocenters. The van der Waals surface area contributed by atoms with Gasteiger partial charge in [-0.25, -0.2) is 0 Å². The van der Waals surface area contributed by atoms with Crippen LogP contribution in [-0.2, 0) is 6.42 Å². The van der Waals surface area contributed by atoms with Gasteiger partial charge in [-0.1, -0.05) is 48.5 Å². The van der Waals surface area contributed by atoms with E-state index in [1.54, 1.807) is 0 Å². The fraction of sp³-hybridized carbons (Fsp3) is 0.158. The second-order valence-corrected chi connectivity index (χ2v) is 5.06. The zero-order valence-electron chi connectivity index (χ0n) is 11.2. The fourth-order valence-electron chi connectivity index (χ4n) is 2.77. The highest BCUT2D eigenvalue weighted by atomic mass is 16.3. The second kappa shape index (κ2) is 5.36. The van der Waals surface area contributed by atoms with Crippen molar-refractivity contribution in [2.75, 3.05) is 0 Å². The lowest BCUT2D eigenvalue weighted by Crippen LogP contribution is -2.10. The minimum atomic E-state index is -0.491. The van der Waals surface area contributed by atoms with Crippen LogP contribution in [0.5, 0.6) is 0 Å². The van der Waals surface area contributed by atoms with E-state index in [0.717, 1.165) is 0 Å². The molecule has 3 aromatic carbocycles. The Hall–Kier alpha value is -2.30. The van der Waals surface area contributed by atoms with Crippen LogP contribution in [0.3, 0.4) is 0 Å². The van der Waals surface area contributed by atoms with Gasteiger partial charge in [0, 0.05) is 12.8 Å². The van der Waals surface area contributed by atoms with Crippen molar-refractivity contribution in [2.24, 2.45) is 0 Å². The number of terminal acetylenes is 1. The standard InChI is InChI=1S/C19H16O/c1-2-7-16(20)13-19-17-10-5-3-8-14(17)12-15-9-4-6-11-18(15)19/h1,3-6,8-12,16,20H,7,13H2. The molecule has 1 nitrogen and oxygen atoms in total. The van der Waals surface area contributed by atoms with Gasteiger partial charge in [0.15, 0.2) is 0 Å². The highest BCUT2D eigenvalue weighted by Crippen LogP contribution is 2.29. The zero-order chi connectivity index (χ0) is 13.9. The van der Waals surface area contributed by atoms with E-state index in [2.05, 4.69) is 36.3 Å². The Labute approximate surface area is 118 Å². The molecule has 3 rings (SSSR count). The molecule has 0 saturated heterocycles. The van der Waals surface area contributed by atoms with Crippen molar-refractivity contribution in [2.45, 2.75) is 18.9 Å². The normalized spacial score (nSPS) is 12.4. The molecule has 1 N–H and O–H groups in total. The summed E-state index contributed by atoms with van der Waals surface area (Å²) in [5.74, 6) is 2.53. The summed E-state index contributed by atoms with van der Waals surface area (Å²) in [5.41, 5.74) is 1.18. The molecule has 0 saturated carbocycles. The van der Waals surface area contributed by atoms with Gasteiger partial charge in [-0.3, -0.25) is 0 Å². The molecule has 0 heterocycles. The van der Waals surface area contributed by atoms with Crippen LogP contribution in [-0.4, -0.2) is 11.2 Å². The van der Waals surface area contributed by atoms with Gasteiger partial charge in [-0.2, -0.15) is 0 Å². The Morgan fingerprint density at radius 2 is 1.50 bits per heavy atom. The quantitative estimate of drug-likeness (QED) is 0.559. The average Bonchev–Trinajstić information content (AvgIpc) is 2.47. The summed E-state index contributed by atoms with van der Waals surface area (Å²) in [4.78, 5) is 0. The van der Waals surface area contributed by atoms with E-state index in [1.165, 1.54) is 27.1 Å². The smallest absolute Gasteiger partial charge is 0.0690 e. The van der Waals surface area contributed by atoms with Crippen molar-refractivity contribution in [3.8, 4) is 12.3 Å². The second-order valence-electron chi connectivity index (χ2n) is 5.06. The van der Waals surface area contributed by atoms with Gasteiger partial charge in [0.05, 0.1) is 6.10 Å². The fourth-order valence-corrected chi connectivity index (χ4v) is 2.77. The van der Waals surface area contributed by atoms with Crippen molar-refractivity contribution >= 4 is 21.5 Å². The third kappa shape index (κ3) is 2.27. The molecule has 0 aliphatic heterocycles. The first-order valence-electron chi connectivity index (χ1n) is 6.80. The maximum absolute atomic E-state index is 10.1. The van der Waals surface area contributed by atoms with E-state index in [-0.39, 0.29) is 0 Å². The lowest BCUT2D eigenvalue weighted by molar-refractivity contribution is 0.181. The van der Waals surface area contributed by atoms with Crippen LogP contribution in [0, 0.1) is 12.3 Å². The number of fused-ring (bicyclic) bond motifs is 2. The molecular weight excluding hydrogens is 244 g/mol. The van der Waals surface area contributed by atoms with Gasteiger partial charge >= 0.3 is 0 Å². The SMILES string of the molecule is C#CCC(O)Cc1c2ccccc2cc2ccccc12. The lowest BCUT2D eigenvalue weighted by atomic mass is 9.93. The summed E-state index contributed by atoms with van der Waals surface area (Å²) >= 11 is 0. The summed E-state index contributed by atoms with van der Waals surface area (Å²) in [6, 6.07) is 18.8. The number of hydrogen-bond acceptors (Lipinski definition) is 1. The summed E-state index contributed by atoms with van der Waals surface area (Å²) in [7, 11) is 0. The monoisotopic (exact) mass is 260 g/mol. The van der Waals surface area contributed by atoms with E-state index in [9.17, 15) is 5.11 Å². The third-order valence-electron chi connectivity index (χ3n) is 3.68. The molecule has 1 heteroatoms. The Bertz CT molecular complexity index is 742. The molecule has 3 aromatic rings. The molecule has 20 heavy (non-hydrogen) atoms. The maximum atomic E-state index is 10.1. The first-order chi connectivity index (χ1) is 9.79. The number of rotatable bonds is 3. The van der Waals surface area contributed by atoms with Crippen LogP contribution < -0.4 is 0 Å². The number of benzene rings is 3. The summed E-state index contributed by atoms with van der Waals surface area (Å²) < 4.78 is 0. The number of aliphatic hydroxyl groups is 1. The molecule has 0 spiro atoms. The van der Waals surface area contributed by atoms with Crippen molar-refractivity contribution < 1.29 is 5.11 Å². The number of aliphatic hydroxyl groups excluding tert-OH is 1. The van der Waals surface area contributed by atoms with E-state index >= 15 is 0 Å². The van der Waals surface area contributed by atoms with Crippen molar-refractivity contribution in [3.05, 3.63) is 60.2 Å². The molecule has 0 bridgehead atoms. The van der Waals surface area contributed by atoms with Gasteiger partial charge in [0.2, 0.25) is 0 Å². The molecule has 0 amide bonds. The Kier molecular flexibility index (Phi) is 3.41. The molecule has 0 aromatic heterocycles. The minimum Gasteiger partial charge on any atom is -0.392 e. The lowest BCUT2D eigenvalue weighted by Gasteiger charge is -2.14. The van der Waals surface area contributed by atoms with E-state index in [4.69, 9.17) is 6.42 Å². The molecule has 1 atom stereocenters. The van der Waals surface area contributed by atoms with Crippen LogP contribution in [0.1, 0.15) is 12.0 Å². The summed E-state index contributed by atoms with van der Waals surface area (Å²) in [6.45, 7) is 0. The maximum Gasteiger partial charge on any atom is 0.0690 e. The van der Waals surface area contributed by atoms with Crippen molar-refractivity contribution in [1.29, 1.82) is 0 Å². The highest BCUT2D eigenvalue weighted by Gasteiger charge is 2.11. The van der Waals surface area contributed by atoms with Gasteiger partial charge in [-0.15, -0.1) is 12.3 Å². The van der Waals surface area contributed by atoms with Gasteiger partial charge in [0.25, 0.3) is 0 Å². The van der Waals surface area contributed by atoms with Gasteiger partial charge in [0.1, 0.15) is 0 Å². The Balaban J connectivity index is 2.25. The molecule has 0 fully saturated rings. The van der Waals surface area contributed by atoms with Crippen molar-refractivity contribution in [1.82, 2.24) is 0 Å². The number of hydrogen-bond donors (Lipinski definition) is 1. The Morgan fingerprint density at radius 3 is 2.05 bits per heavy atom. The van der Waals surface area contributed by atoms with Crippen LogP contribution in [0.25, 0.3) is 21.5 Å². The summed E-state index contributed by atoms with van der Waals surface area (Å²) in [5, 5.41) is 14.9. The van der Waals surface area contributed by atoms with Gasteiger partial charge in [-0.05, 0) is 33.2 Å². The Morgan fingerprint density at radius 1 is 0.950 bits per heavy atom. The summed E-state index contributed by atoms with van der Waals surface area (Å²) in [6.07, 6.45) is 5.78. The van der Waals surface area contributed by atoms with E-state index in [1.807, 2.05) is 24.3 Å². The largest absolute Gasteiger partial charge is 0.392 e. The van der Waals surface area contributed by atoms with E-state index < -0.39 is 6.10 Å². The zero-order valence-corrected chi connectivity index (χ0v) is 11.2. The van der Waals surface area contributed by atoms with E-state index in [0.29, 0.717) is 12.8 Å². The molecule has 0 aliphatic carbocycles. The van der Waals surface area contributed by atoms with Crippen molar-refractivity contribution in [3.63, 3.8) is 0 Å². The van der Waals surface area contributed by atoms with Gasteiger partial charge < -0.3 is 5.11 Å². The predicted octanol–water partition coefficient (Wildman–Crippen LogP) is 3.92. The molecular formula is C19H16O. The minimum absolute atomic E-state index is 0.386. The first kappa shape index (κ1) is 12.7. The molecule has 0 radical (unpaired) electrons. The average molecular weight is 260 g/mol.